The minimum Gasteiger partial charge on any atom is -0.135 e. The molecule has 12 aromatic carbocycles. The Bertz CT molecular complexity index is 3810. The first kappa shape index (κ1) is 31.2. The summed E-state index contributed by atoms with van der Waals surface area (Å²) in [5, 5.41) is 23.4. The third kappa shape index (κ3) is 4.27. The Morgan fingerprint density at radius 3 is 1.19 bits per heavy atom. The predicted molar refractivity (Wildman–Crippen MR) is 250 cm³/mol. The van der Waals surface area contributed by atoms with Crippen molar-refractivity contribution in [1.82, 2.24) is 0 Å². The first-order chi connectivity index (χ1) is 28.3. The lowest BCUT2D eigenvalue weighted by molar-refractivity contribution is 1.70. The summed E-state index contributed by atoms with van der Waals surface area (Å²) in [5.41, 5.74) is 5.10. The summed E-state index contributed by atoms with van der Waals surface area (Å²) in [4.78, 5) is 0. The summed E-state index contributed by atoms with van der Waals surface area (Å²) < 4.78 is 2.69. The van der Waals surface area contributed by atoms with Gasteiger partial charge in [0.1, 0.15) is 0 Å². The fraction of sp³-hybridized carbons (Fsp3) is 0. The van der Waals surface area contributed by atoms with Crippen molar-refractivity contribution in [3.05, 3.63) is 194 Å². The molecule has 0 spiro atoms. The van der Waals surface area contributed by atoms with Gasteiger partial charge in [0.25, 0.3) is 0 Å². The Morgan fingerprint density at radius 1 is 0.246 bits per heavy atom. The van der Waals surface area contributed by atoms with Gasteiger partial charge in [0.2, 0.25) is 0 Å². The van der Waals surface area contributed by atoms with Crippen molar-refractivity contribution < 1.29 is 0 Å². The van der Waals surface area contributed by atoms with Crippen molar-refractivity contribution >= 4 is 118 Å². The highest BCUT2D eigenvalue weighted by Crippen LogP contribution is 2.50. The number of fused-ring (bicyclic) bond motifs is 18. The fourth-order valence-corrected chi connectivity index (χ4v) is 11.5. The maximum Gasteiger partial charge on any atom is 0.0440 e. The van der Waals surface area contributed by atoms with Gasteiger partial charge < -0.3 is 0 Å². The molecular formula is C56H32S. The topological polar surface area (TPSA) is 0 Å². The zero-order valence-corrected chi connectivity index (χ0v) is 31.7. The lowest BCUT2D eigenvalue weighted by Gasteiger charge is -2.21. The summed E-state index contributed by atoms with van der Waals surface area (Å²) in [6.07, 6.45) is 0. The molecule has 0 nitrogen and oxygen atoms in total. The van der Waals surface area contributed by atoms with Crippen molar-refractivity contribution in [1.29, 1.82) is 0 Å². The number of benzene rings is 12. The number of thiophene rings is 1. The molecule has 0 N–H and O–H groups in total. The largest absolute Gasteiger partial charge is 0.135 e. The maximum atomic E-state index is 2.50. The molecule has 1 heterocycles. The van der Waals surface area contributed by atoms with Crippen molar-refractivity contribution in [2.45, 2.75) is 0 Å². The van der Waals surface area contributed by atoms with Crippen LogP contribution in [-0.4, -0.2) is 0 Å². The molecule has 1 heteroatoms. The van der Waals surface area contributed by atoms with E-state index >= 15 is 0 Å². The van der Waals surface area contributed by atoms with Crippen molar-refractivity contribution in [3.8, 4) is 22.3 Å². The summed E-state index contributed by atoms with van der Waals surface area (Å²) >= 11 is 1.92. The van der Waals surface area contributed by atoms with Gasteiger partial charge in [-0.1, -0.05) is 176 Å². The van der Waals surface area contributed by atoms with E-state index in [-0.39, 0.29) is 0 Å². The van der Waals surface area contributed by atoms with Crippen LogP contribution in [-0.2, 0) is 0 Å². The first-order valence-electron chi connectivity index (χ1n) is 19.8. The SMILES string of the molecule is c1ccc2c(-c3cc4c5ccccc5c5ccccc5c4c4ccccc34)c3ccccc3c(-c3ccc4sc5c6ccccc6c6ccccc6c5c4c3)c2c1. The monoisotopic (exact) mass is 736 g/mol. The summed E-state index contributed by atoms with van der Waals surface area (Å²) in [7, 11) is 0. The maximum absolute atomic E-state index is 2.50. The minimum atomic E-state index is 1.25. The van der Waals surface area contributed by atoms with E-state index in [1.807, 2.05) is 11.3 Å². The molecule has 0 aliphatic rings. The van der Waals surface area contributed by atoms with E-state index in [1.165, 1.54) is 129 Å². The Kier molecular flexibility index (Phi) is 6.41. The third-order valence-electron chi connectivity index (χ3n) is 12.6. The highest BCUT2D eigenvalue weighted by atomic mass is 32.1. The summed E-state index contributed by atoms with van der Waals surface area (Å²) in [5.74, 6) is 0. The van der Waals surface area contributed by atoms with Crippen LogP contribution in [0.15, 0.2) is 194 Å². The van der Waals surface area contributed by atoms with Gasteiger partial charge in [0, 0.05) is 25.6 Å². The number of hydrogen-bond donors (Lipinski definition) is 0. The Morgan fingerprint density at radius 2 is 0.632 bits per heavy atom. The van der Waals surface area contributed by atoms with E-state index in [4.69, 9.17) is 0 Å². The van der Waals surface area contributed by atoms with Crippen molar-refractivity contribution in [3.63, 3.8) is 0 Å². The van der Waals surface area contributed by atoms with Crippen LogP contribution in [0, 0.1) is 0 Å². The van der Waals surface area contributed by atoms with E-state index in [1.54, 1.807) is 0 Å². The molecule has 0 fully saturated rings. The average Bonchev–Trinajstić information content (AvgIpc) is 3.67. The second kappa shape index (κ2) is 11.7. The molecule has 0 atom stereocenters. The summed E-state index contributed by atoms with van der Waals surface area (Å²) in [6.45, 7) is 0. The van der Waals surface area contributed by atoms with Crippen LogP contribution in [0.3, 0.4) is 0 Å². The molecule has 0 aliphatic carbocycles. The van der Waals surface area contributed by atoms with Crippen LogP contribution in [0.1, 0.15) is 0 Å². The van der Waals surface area contributed by atoms with E-state index in [0.717, 1.165) is 0 Å². The van der Waals surface area contributed by atoms with Gasteiger partial charge in [0.15, 0.2) is 0 Å². The fourth-order valence-electron chi connectivity index (χ4n) is 10.3. The van der Waals surface area contributed by atoms with Gasteiger partial charge >= 0.3 is 0 Å². The smallest absolute Gasteiger partial charge is 0.0440 e. The van der Waals surface area contributed by atoms with E-state index in [9.17, 15) is 0 Å². The van der Waals surface area contributed by atoms with E-state index in [2.05, 4.69) is 194 Å². The van der Waals surface area contributed by atoms with Crippen LogP contribution in [0.4, 0.5) is 0 Å². The molecule has 0 amide bonds. The second-order valence-corrected chi connectivity index (χ2v) is 16.5. The molecule has 1 aromatic heterocycles. The van der Waals surface area contributed by atoms with Crippen LogP contribution < -0.4 is 0 Å². The lowest BCUT2D eigenvalue weighted by Crippen LogP contribution is -1.93. The molecule has 0 saturated carbocycles. The van der Waals surface area contributed by atoms with Crippen LogP contribution in [0.5, 0.6) is 0 Å². The first-order valence-corrected chi connectivity index (χ1v) is 20.6. The highest BCUT2D eigenvalue weighted by molar-refractivity contribution is 7.27. The van der Waals surface area contributed by atoms with Gasteiger partial charge in [-0.25, -0.2) is 0 Å². The van der Waals surface area contributed by atoms with Gasteiger partial charge in [0.05, 0.1) is 0 Å². The molecule has 13 aromatic rings. The molecular weight excluding hydrogens is 705 g/mol. The Hall–Kier alpha value is -7.06. The Balaban J connectivity index is 1.16. The van der Waals surface area contributed by atoms with Gasteiger partial charge in [-0.05, 0) is 121 Å². The molecule has 0 saturated heterocycles. The normalized spacial score (nSPS) is 12.2. The highest BCUT2D eigenvalue weighted by Gasteiger charge is 2.22. The van der Waals surface area contributed by atoms with Gasteiger partial charge in [-0.3, -0.25) is 0 Å². The zero-order chi connectivity index (χ0) is 37.2. The Labute approximate surface area is 332 Å². The standard InChI is InChI=1S/C56H32S/c1-2-19-38-34(15-1)35-16-3-7-21-40(35)53-41-22-8-5-20-39(41)49(32-48(38)53)54-45-26-12-10-24-43(45)52(44-25-11-13-27-46(44)54)33-29-30-51-50(31-33)55-42-23-9-4-17-36(42)37-18-6-14-28-47(37)56(55)57-51/h1-32H. The lowest BCUT2D eigenvalue weighted by atomic mass is 9.82. The average molecular weight is 737 g/mol. The molecule has 0 aliphatic heterocycles. The van der Waals surface area contributed by atoms with Crippen LogP contribution in [0.2, 0.25) is 0 Å². The zero-order valence-electron chi connectivity index (χ0n) is 30.9. The molecule has 0 unspecified atom stereocenters. The molecule has 13 rings (SSSR count). The van der Waals surface area contributed by atoms with Gasteiger partial charge in [-0.15, -0.1) is 11.3 Å². The molecule has 57 heavy (non-hydrogen) atoms. The van der Waals surface area contributed by atoms with Crippen molar-refractivity contribution in [2.24, 2.45) is 0 Å². The van der Waals surface area contributed by atoms with Crippen LogP contribution in [0.25, 0.3) is 129 Å². The third-order valence-corrected chi connectivity index (χ3v) is 13.8. The summed E-state index contributed by atoms with van der Waals surface area (Å²) in [6, 6.07) is 72.7. The molecule has 262 valence electrons. The number of rotatable bonds is 2. The quantitative estimate of drug-likeness (QED) is 0.122. The van der Waals surface area contributed by atoms with E-state index < -0.39 is 0 Å². The number of hydrogen-bond acceptors (Lipinski definition) is 1. The molecule has 0 bridgehead atoms. The van der Waals surface area contributed by atoms with Gasteiger partial charge in [-0.2, -0.15) is 0 Å². The minimum absolute atomic E-state index is 1.25. The second-order valence-electron chi connectivity index (χ2n) is 15.4. The van der Waals surface area contributed by atoms with E-state index in [0.29, 0.717) is 0 Å². The van der Waals surface area contributed by atoms with Crippen molar-refractivity contribution in [2.75, 3.05) is 0 Å². The predicted octanol–water partition coefficient (Wildman–Crippen LogP) is 16.6. The molecule has 0 radical (unpaired) electrons. The van der Waals surface area contributed by atoms with Crippen LogP contribution >= 0.6 is 11.3 Å².